The molecule has 1 aliphatic rings. The number of methoxy groups -OCH3 is 1. The molecule has 1 heterocycles. The first kappa shape index (κ1) is 22.6. The molecule has 0 fully saturated rings. The molecular weight excluding hydrogens is 368 g/mol. The fourth-order valence-electron chi connectivity index (χ4n) is 3.11. The first-order chi connectivity index (χ1) is 13.8. The van der Waals surface area contributed by atoms with Gasteiger partial charge in [0.1, 0.15) is 13.2 Å². The number of allylic oxidation sites excluding steroid dienone is 5. The van der Waals surface area contributed by atoms with Crippen LogP contribution in [0.2, 0.25) is 0 Å². The molecule has 1 aliphatic heterocycles. The molecule has 0 aromatic heterocycles. The summed E-state index contributed by atoms with van der Waals surface area (Å²) in [6.07, 6.45) is 10.7. The monoisotopic (exact) mass is 400 g/mol. The maximum Gasteiger partial charge on any atom is 0.339 e. The number of phenolic OH excluding ortho intramolecular Hbond substituents is 1. The number of phenols is 1. The van der Waals surface area contributed by atoms with Crippen LogP contribution >= 0.6 is 0 Å². The SMILES string of the molecule is COc1cc2c(c(O)c1OCC=C(C)CCC=C(C)CCC=C(C)C)COC2=O. The van der Waals surface area contributed by atoms with Gasteiger partial charge in [-0.15, -0.1) is 0 Å². The Morgan fingerprint density at radius 1 is 1.10 bits per heavy atom. The molecule has 0 unspecified atom stereocenters. The lowest BCUT2D eigenvalue weighted by molar-refractivity contribution is 0.0534. The van der Waals surface area contributed by atoms with E-state index in [9.17, 15) is 9.90 Å². The Balaban J connectivity index is 1.89. The summed E-state index contributed by atoms with van der Waals surface area (Å²) in [6.45, 7) is 8.86. The maximum absolute atomic E-state index is 11.7. The molecule has 0 aliphatic carbocycles. The number of hydrogen-bond acceptors (Lipinski definition) is 5. The third-order valence-electron chi connectivity index (χ3n) is 4.89. The molecule has 1 aromatic carbocycles. The van der Waals surface area contributed by atoms with E-state index in [1.54, 1.807) is 6.07 Å². The van der Waals surface area contributed by atoms with Gasteiger partial charge in [0.05, 0.1) is 12.7 Å². The lowest BCUT2D eigenvalue weighted by atomic mass is 10.1. The van der Waals surface area contributed by atoms with Crippen molar-refractivity contribution in [2.45, 2.75) is 60.0 Å². The number of rotatable bonds is 10. The molecule has 0 bridgehead atoms. The van der Waals surface area contributed by atoms with Crippen LogP contribution in [0.1, 0.15) is 69.3 Å². The van der Waals surface area contributed by atoms with E-state index in [0.29, 0.717) is 23.5 Å². The van der Waals surface area contributed by atoms with Gasteiger partial charge in [-0.1, -0.05) is 28.9 Å². The third kappa shape index (κ3) is 6.41. The van der Waals surface area contributed by atoms with Gasteiger partial charge < -0.3 is 19.3 Å². The van der Waals surface area contributed by atoms with Crippen LogP contribution in [0.15, 0.2) is 41.0 Å². The third-order valence-corrected chi connectivity index (χ3v) is 4.89. The lowest BCUT2D eigenvalue weighted by Gasteiger charge is -2.13. The van der Waals surface area contributed by atoms with Crippen LogP contribution in [0.4, 0.5) is 0 Å². The molecule has 0 spiro atoms. The van der Waals surface area contributed by atoms with Crippen LogP contribution in [-0.2, 0) is 11.3 Å². The first-order valence-corrected chi connectivity index (χ1v) is 10.0. The van der Waals surface area contributed by atoms with Crippen LogP contribution in [0, 0.1) is 0 Å². The van der Waals surface area contributed by atoms with Crippen molar-refractivity contribution in [2.24, 2.45) is 0 Å². The number of carbonyl (C=O) groups excluding carboxylic acids is 1. The molecular formula is C24H32O5. The van der Waals surface area contributed by atoms with E-state index in [2.05, 4.69) is 39.8 Å². The van der Waals surface area contributed by atoms with E-state index in [1.165, 1.54) is 23.8 Å². The van der Waals surface area contributed by atoms with E-state index in [1.807, 2.05) is 6.08 Å². The molecule has 158 valence electrons. The summed E-state index contributed by atoms with van der Waals surface area (Å²) in [6, 6.07) is 1.55. The van der Waals surface area contributed by atoms with Crippen molar-refractivity contribution in [3.05, 3.63) is 52.1 Å². The van der Waals surface area contributed by atoms with Crippen LogP contribution in [0.3, 0.4) is 0 Å². The van der Waals surface area contributed by atoms with E-state index in [-0.39, 0.29) is 18.1 Å². The summed E-state index contributed by atoms with van der Waals surface area (Å²) in [5, 5.41) is 10.4. The van der Waals surface area contributed by atoms with Gasteiger partial charge in [-0.05, 0) is 65.5 Å². The lowest BCUT2D eigenvalue weighted by Crippen LogP contribution is -2.01. The molecule has 0 saturated carbocycles. The fraction of sp³-hybridized carbons (Fsp3) is 0.458. The number of benzene rings is 1. The van der Waals surface area contributed by atoms with Gasteiger partial charge in [-0.2, -0.15) is 0 Å². The minimum absolute atomic E-state index is 0.0501. The average molecular weight is 401 g/mol. The van der Waals surface area contributed by atoms with Crippen molar-refractivity contribution in [1.82, 2.24) is 0 Å². The number of ether oxygens (including phenoxy) is 3. The van der Waals surface area contributed by atoms with Gasteiger partial charge in [0.25, 0.3) is 0 Å². The zero-order valence-electron chi connectivity index (χ0n) is 18.1. The predicted molar refractivity (Wildman–Crippen MR) is 115 cm³/mol. The Morgan fingerprint density at radius 2 is 1.76 bits per heavy atom. The van der Waals surface area contributed by atoms with Crippen molar-refractivity contribution < 1.29 is 24.1 Å². The van der Waals surface area contributed by atoms with Crippen molar-refractivity contribution in [2.75, 3.05) is 13.7 Å². The number of hydrogen-bond donors (Lipinski definition) is 1. The molecule has 0 saturated heterocycles. The van der Waals surface area contributed by atoms with Gasteiger partial charge in [0, 0.05) is 5.56 Å². The van der Waals surface area contributed by atoms with Gasteiger partial charge in [-0.25, -0.2) is 4.79 Å². The topological polar surface area (TPSA) is 65.0 Å². The molecule has 1 N–H and O–H groups in total. The highest BCUT2D eigenvalue weighted by atomic mass is 16.5. The standard InChI is InChI=1S/C24H32O5/c1-16(2)8-6-9-17(3)10-7-11-18(4)12-13-28-23-21(27-5)14-19-20(22(23)25)15-29-24(19)26/h8,10,12,14,25H,6-7,9,11,13,15H2,1-5H3. The Morgan fingerprint density at radius 3 is 2.41 bits per heavy atom. The number of fused-ring (bicyclic) bond motifs is 1. The van der Waals surface area contributed by atoms with Gasteiger partial charge in [0.15, 0.2) is 11.5 Å². The minimum Gasteiger partial charge on any atom is -0.504 e. The number of cyclic esters (lactones) is 1. The van der Waals surface area contributed by atoms with Crippen molar-refractivity contribution in [3.63, 3.8) is 0 Å². The quantitative estimate of drug-likeness (QED) is 0.393. The van der Waals surface area contributed by atoms with Crippen LogP contribution in [-0.4, -0.2) is 24.8 Å². The predicted octanol–water partition coefficient (Wildman–Crippen LogP) is 5.87. The van der Waals surface area contributed by atoms with Crippen molar-refractivity contribution >= 4 is 5.97 Å². The maximum atomic E-state index is 11.7. The van der Waals surface area contributed by atoms with Gasteiger partial charge in [0.2, 0.25) is 5.75 Å². The molecule has 1 aromatic rings. The molecule has 29 heavy (non-hydrogen) atoms. The van der Waals surface area contributed by atoms with E-state index >= 15 is 0 Å². The van der Waals surface area contributed by atoms with E-state index in [4.69, 9.17) is 14.2 Å². The summed E-state index contributed by atoms with van der Waals surface area (Å²) in [5.41, 5.74) is 4.76. The molecule has 5 nitrogen and oxygen atoms in total. The molecule has 2 rings (SSSR count). The second kappa shape index (κ2) is 10.7. The van der Waals surface area contributed by atoms with Gasteiger partial charge in [-0.3, -0.25) is 0 Å². The molecule has 5 heteroatoms. The highest BCUT2D eigenvalue weighted by Crippen LogP contribution is 2.43. The highest BCUT2D eigenvalue weighted by Gasteiger charge is 2.29. The minimum atomic E-state index is -0.458. The Labute approximate surface area is 173 Å². The highest BCUT2D eigenvalue weighted by molar-refractivity contribution is 5.95. The Bertz CT molecular complexity index is 826. The summed E-state index contributed by atoms with van der Waals surface area (Å²) in [5.74, 6) is 0.0101. The Hall–Kier alpha value is -2.69. The second-order valence-corrected chi connectivity index (χ2v) is 7.63. The second-order valence-electron chi connectivity index (χ2n) is 7.63. The number of aromatic hydroxyl groups is 1. The largest absolute Gasteiger partial charge is 0.504 e. The zero-order valence-corrected chi connectivity index (χ0v) is 18.1. The number of esters is 1. The summed E-state index contributed by atoms with van der Waals surface area (Å²) in [4.78, 5) is 11.7. The van der Waals surface area contributed by atoms with Crippen molar-refractivity contribution in [1.29, 1.82) is 0 Å². The van der Waals surface area contributed by atoms with Crippen LogP contribution < -0.4 is 9.47 Å². The Kier molecular flexibility index (Phi) is 8.37. The summed E-state index contributed by atoms with van der Waals surface area (Å²) in [7, 11) is 1.47. The average Bonchev–Trinajstić information content (AvgIpc) is 3.04. The number of carbonyl (C=O) groups is 1. The smallest absolute Gasteiger partial charge is 0.339 e. The van der Waals surface area contributed by atoms with Crippen LogP contribution in [0.5, 0.6) is 17.2 Å². The summed E-state index contributed by atoms with van der Waals surface area (Å²) >= 11 is 0. The molecule has 0 atom stereocenters. The van der Waals surface area contributed by atoms with E-state index < -0.39 is 5.97 Å². The normalized spacial score (nSPS) is 13.8. The fourth-order valence-corrected chi connectivity index (χ4v) is 3.11. The summed E-state index contributed by atoms with van der Waals surface area (Å²) < 4.78 is 16.0. The van der Waals surface area contributed by atoms with E-state index in [0.717, 1.165) is 25.7 Å². The molecule has 0 radical (unpaired) electrons. The molecule has 0 amide bonds. The first-order valence-electron chi connectivity index (χ1n) is 10.0. The van der Waals surface area contributed by atoms with Crippen molar-refractivity contribution in [3.8, 4) is 17.2 Å². The van der Waals surface area contributed by atoms with Crippen LogP contribution in [0.25, 0.3) is 0 Å². The zero-order chi connectivity index (χ0) is 21.4. The van der Waals surface area contributed by atoms with Gasteiger partial charge >= 0.3 is 5.97 Å².